The van der Waals surface area contributed by atoms with E-state index in [1.165, 1.54) is 33.4 Å². The van der Waals surface area contributed by atoms with Crippen molar-refractivity contribution in [2.75, 3.05) is 0 Å². The minimum absolute atomic E-state index is 1.37. The molecule has 0 N–H and O–H groups in total. The first-order valence-corrected chi connectivity index (χ1v) is 12.7. The van der Waals surface area contributed by atoms with Gasteiger partial charge in [-0.25, -0.2) is 0 Å². The van der Waals surface area contributed by atoms with Crippen molar-refractivity contribution >= 4 is 30.7 Å². The van der Waals surface area contributed by atoms with Crippen molar-refractivity contribution < 1.29 is 0 Å². The van der Waals surface area contributed by atoms with E-state index in [0.717, 1.165) is 0 Å². The van der Waals surface area contributed by atoms with Crippen LogP contribution in [0, 0.1) is 41.5 Å². The Bertz CT molecular complexity index is 799. The molecule has 0 radical (unpaired) electrons. The van der Waals surface area contributed by atoms with E-state index in [-0.39, 0.29) is 0 Å². The molecule has 0 nitrogen and oxygen atoms in total. The average Bonchev–Trinajstić information content (AvgIpc) is 2.57. The van der Waals surface area contributed by atoms with Gasteiger partial charge < -0.3 is 0 Å². The van der Waals surface area contributed by atoms with Crippen molar-refractivity contribution in [2.45, 2.75) is 41.5 Å². The fourth-order valence-electron chi connectivity index (χ4n) is 3.27. The van der Waals surface area contributed by atoms with Crippen LogP contribution < -0.4 is 10.5 Å². The van der Waals surface area contributed by atoms with Gasteiger partial charge in [0.05, 0.1) is 0 Å². The van der Waals surface area contributed by atoms with E-state index in [1.807, 2.05) is 0 Å². The van der Waals surface area contributed by atoms with Crippen LogP contribution in [0.1, 0.15) is 33.4 Å². The third-order valence-electron chi connectivity index (χ3n) is 4.82. The van der Waals surface area contributed by atoms with Crippen LogP contribution in [0.15, 0.2) is 54.6 Å². The summed E-state index contributed by atoms with van der Waals surface area (Å²) < 4.78 is 4.81. The Morgan fingerprint density at radius 2 is 0.720 bits per heavy atom. The van der Waals surface area contributed by atoms with Gasteiger partial charge in [0.2, 0.25) is 0 Å². The molecule has 0 unspecified atom stereocenters. The van der Waals surface area contributed by atoms with Gasteiger partial charge in [0.15, 0.2) is 0 Å². The molecule has 0 amide bonds. The van der Waals surface area contributed by atoms with E-state index >= 15 is 0 Å². The molecule has 128 valence electrons. The molecule has 0 heterocycles. The number of aryl methyl sites for hydroxylation is 6. The fraction of sp³-hybridized carbons (Fsp3) is 0.250. The molecule has 0 spiro atoms. The second-order valence-corrected chi connectivity index (χ2v) is 13.2. The Morgan fingerprint density at radius 3 is 1.00 bits per heavy atom. The first-order chi connectivity index (χ1) is 11.9. The fourth-order valence-corrected chi connectivity index (χ4v) is 12.0. The number of hydrogen-bond donors (Lipinski definition) is 0. The molecule has 0 aliphatic rings. The second kappa shape index (κ2) is 7.38. The second-order valence-electron chi connectivity index (χ2n) is 7.21. The molecule has 0 fully saturated rings. The van der Waals surface area contributed by atoms with Crippen LogP contribution in [0.4, 0.5) is 0 Å². The standard InChI is InChI=1S/3C8H9.Sb/c3*1-7-3-5-8(2)6-4-7;/h3*3-5H,1-2H3;. The van der Waals surface area contributed by atoms with Crippen LogP contribution in [0.3, 0.4) is 0 Å². The maximum absolute atomic E-state index is 2.45. The average molecular weight is 437 g/mol. The molecule has 3 aromatic carbocycles. The first kappa shape index (κ1) is 18.3. The summed E-state index contributed by atoms with van der Waals surface area (Å²) in [6.07, 6.45) is 0. The summed E-state index contributed by atoms with van der Waals surface area (Å²) in [4.78, 5) is 0. The summed E-state index contributed by atoms with van der Waals surface area (Å²) in [7, 11) is 0. The summed E-state index contributed by atoms with van der Waals surface area (Å²) in [6.45, 7) is 13.5. The molecule has 0 saturated carbocycles. The van der Waals surface area contributed by atoms with Gasteiger partial charge in [-0.05, 0) is 0 Å². The van der Waals surface area contributed by atoms with Crippen molar-refractivity contribution in [3.05, 3.63) is 88.0 Å². The van der Waals surface area contributed by atoms with Crippen LogP contribution in [0.5, 0.6) is 0 Å². The van der Waals surface area contributed by atoms with Gasteiger partial charge in [-0.1, -0.05) is 0 Å². The van der Waals surface area contributed by atoms with Crippen LogP contribution in [-0.4, -0.2) is 20.2 Å². The predicted molar refractivity (Wildman–Crippen MR) is 112 cm³/mol. The molecule has 0 saturated heterocycles. The van der Waals surface area contributed by atoms with Crippen LogP contribution >= 0.6 is 0 Å². The Hall–Kier alpha value is -1.52. The number of benzene rings is 3. The van der Waals surface area contributed by atoms with Crippen molar-refractivity contribution in [1.82, 2.24) is 0 Å². The van der Waals surface area contributed by atoms with Crippen LogP contribution in [-0.2, 0) is 0 Å². The zero-order valence-corrected chi connectivity index (χ0v) is 18.7. The molecule has 3 aromatic rings. The van der Waals surface area contributed by atoms with E-state index in [9.17, 15) is 0 Å². The molecular weight excluding hydrogens is 410 g/mol. The van der Waals surface area contributed by atoms with Gasteiger partial charge >= 0.3 is 160 Å². The van der Waals surface area contributed by atoms with Gasteiger partial charge in [0.25, 0.3) is 0 Å². The zero-order chi connectivity index (χ0) is 18.1. The minimum atomic E-state index is -2.08. The summed E-state index contributed by atoms with van der Waals surface area (Å²) in [5.74, 6) is 0. The normalized spacial score (nSPS) is 11.2. The van der Waals surface area contributed by atoms with Crippen molar-refractivity contribution in [3.8, 4) is 0 Å². The van der Waals surface area contributed by atoms with E-state index in [1.54, 1.807) is 10.5 Å². The molecule has 0 bridgehead atoms. The molecule has 0 aliphatic carbocycles. The third kappa shape index (κ3) is 3.85. The third-order valence-corrected chi connectivity index (χ3v) is 13.1. The monoisotopic (exact) mass is 436 g/mol. The molecular formula is C24H27Sb. The molecule has 1 heteroatoms. The van der Waals surface area contributed by atoms with Crippen molar-refractivity contribution in [3.63, 3.8) is 0 Å². The van der Waals surface area contributed by atoms with E-state index in [2.05, 4.69) is 96.1 Å². The molecule has 0 atom stereocenters. The zero-order valence-electron chi connectivity index (χ0n) is 16.1. The molecule has 0 aromatic heterocycles. The van der Waals surface area contributed by atoms with Crippen molar-refractivity contribution in [1.29, 1.82) is 0 Å². The summed E-state index contributed by atoms with van der Waals surface area (Å²) >= 11 is -2.08. The van der Waals surface area contributed by atoms with E-state index in [4.69, 9.17) is 0 Å². The van der Waals surface area contributed by atoms with Crippen molar-refractivity contribution in [2.24, 2.45) is 0 Å². The Balaban J connectivity index is 2.34. The Morgan fingerprint density at radius 1 is 0.440 bits per heavy atom. The van der Waals surface area contributed by atoms with Gasteiger partial charge in [-0.3, -0.25) is 0 Å². The topological polar surface area (TPSA) is 0 Å². The maximum atomic E-state index is 2.45. The van der Waals surface area contributed by atoms with Gasteiger partial charge in [0.1, 0.15) is 0 Å². The predicted octanol–water partition coefficient (Wildman–Crippen LogP) is 4.05. The number of hydrogen-bond acceptors (Lipinski definition) is 0. The quantitative estimate of drug-likeness (QED) is 0.543. The van der Waals surface area contributed by atoms with E-state index < -0.39 is 20.2 Å². The van der Waals surface area contributed by atoms with Crippen LogP contribution in [0.2, 0.25) is 0 Å². The Kier molecular flexibility index (Phi) is 5.40. The SMILES string of the molecule is Cc1ccc(C)[c]([Sb]([c]2cc(C)ccc2C)[c]2cc(C)ccc2C)c1. The summed E-state index contributed by atoms with van der Waals surface area (Å²) in [5, 5.41) is 0. The molecule has 0 aliphatic heterocycles. The first-order valence-electron chi connectivity index (χ1n) is 8.88. The molecule has 25 heavy (non-hydrogen) atoms. The van der Waals surface area contributed by atoms with E-state index in [0.29, 0.717) is 0 Å². The van der Waals surface area contributed by atoms with Gasteiger partial charge in [-0.2, -0.15) is 0 Å². The molecule has 3 rings (SSSR count). The number of rotatable bonds is 3. The Labute approximate surface area is 159 Å². The van der Waals surface area contributed by atoms with Crippen LogP contribution in [0.25, 0.3) is 0 Å². The summed E-state index contributed by atoms with van der Waals surface area (Å²) in [6, 6.07) is 21.0. The van der Waals surface area contributed by atoms with Gasteiger partial charge in [0, 0.05) is 0 Å². The summed E-state index contributed by atoms with van der Waals surface area (Å²) in [5.41, 5.74) is 8.42. The van der Waals surface area contributed by atoms with Gasteiger partial charge in [-0.15, -0.1) is 0 Å².